The van der Waals surface area contributed by atoms with Crippen LogP contribution in [0.2, 0.25) is 0 Å². The van der Waals surface area contributed by atoms with Crippen LogP contribution in [0.3, 0.4) is 0 Å². The zero-order valence-electron chi connectivity index (χ0n) is 21.6. The molecule has 3 aromatic rings. The highest BCUT2D eigenvalue weighted by molar-refractivity contribution is 5.91. The second-order valence-electron chi connectivity index (χ2n) is 9.17. The molecule has 0 saturated carbocycles. The van der Waals surface area contributed by atoms with Crippen molar-refractivity contribution in [1.82, 2.24) is 14.7 Å². The molecular weight excluding hydrogens is 470 g/mol. The lowest BCUT2D eigenvalue weighted by Crippen LogP contribution is -2.40. The fraction of sp³-hybridized carbons (Fsp3) is 0.379. The van der Waals surface area contributed by atoms with Crippen LogP contribution in [0.15, 0.2) is 77.3 Å². The molecule has 8 nitrogen and oxygen atoms in total. The van der Waals surface area contributed by atoms with Crippen LogP contribution in [0.4, 0.5) is 0 Å². The molecule has 2 heterocycles. The predicted molar refractivity (Wildman–Crippen MR) is 141 cm³/mol. The number of carbonyl (C=O) groups is 1. The van der Waals surface area contributed by atoms with Crippen molar-refractivity contribution in [2.75, 3.05) is 13.2 Å². The zero-order valence-corrected chi connectivity index (χ0v) is 21.6. The summed E-state index contributed by atoms with van der Waals surface area (Å²) in [4.78, 5) is 27.1. The van der Waals surface area contributed by atoms with Gasteiger partial charge in [0.1, 0.15) is 0 Å². The molecule has 1 aliphatic heterocycles. The summed E-state index contributed by atoms with van der Waals surface area (Å²) in [6, 6.07) is 19.1. The minimum atomic E-state index is -0.729. The van der Waals surface area contributed by atoms with Gasteiger partial charge in [0.2, 0.25) is 6.29 Å². The topological polar surface area (TPSA) is 94.7 Å². The van der Waals surface area contributed by atoms with E-state index in [1.54, 1.807) is 10.8 Å². The van der Waals surface area contributed by atoms with Gasteiger partial charge in [-0.15, -0.1) is 0 Å². The normalized spacial score (nSPS) is 19.2. The SMILES string of the molecule is CCO[C@@H]1OC(C(=O)NCc2ccccc2)=C[C@H](c2c(C)n(C)n(-c3ccccc3)c2=O)[C@H]1CCCO. The number of rotatable bonds is 10. The van der Waals surface area contributed by atoms with Crippen LogP contribution in [0.25, 0.3) is 5.69 Å². The molecule has 0 fully saturated rings. The number of hydrogen-bond acceptors (Lipinski definition) is 5. The van der Waals surface area contributed by atoms with Crippen LogP contribution >= 0.6 is 0 Å². The second-order valence-corrected chi connectivity index (χ2v) is 9.17. The van der Waals surface area contributed by atoms with Crippen molar-refractivity contribution in [1.29, 1.82) is 0 Å². The van der Waals surface area contributed by atoms with E-state index in [1.165, 1.54) is 0 Å². The van der Waals surface area contributed by atoms with Gasteiger partial charge in [0.15, 0.2) is 5.76 Å². The number of aromatic nitrogens is 2. The van der Waals surface area contributed by atoms with E-state index in [4.69, 9.17) is 9.47 Å². The number of nitrogens with one attached hydrogen (secondary N) is 1. The van der Waals surface area contributed by atoms with E-state index in [0.29, 0.717) is 31.6 Å². The first kappa shape index (κ1) is 26.4. The molecule has 0 aliphatic carbocycles. The van der Waals surface area contributed by atoms with Crippen LogP contribution in [0.1, 0.15) is 42.5 Å². The molecule has 0 unspecified atom stereocenters. The van der Waals surface area contributed by atoms with Gasteiger partial charge in [-0.05, 0) is 50.5 Å². The maximum atomic E-state index is 13.9. The number of carbonyl (C=O) groups excluding carboxylic acids is 1. The molecular formula is C29H35N3O5. The highest BCUT2D eigenvalue weighted by Gasteiger charge is 2.40. The first-order valence-corrected chi connectivity index (χ1v) is 12.7. The van der Waals surface area contributed by atoms with Crippen LogP contribution in [-0.4, -0.2) is 39.9 Å². The number of aliphatic hydroxyl groups excluding tert-OH is 1. The summed E-state index contributed by atoms with van der Waals surface area (Å²) in [6.45, 7) is 4.52. The molecule has 8 heteroatoms. The van der Waals surface area contributed by atoms with Crippen molar-refractivity contribution in [3.05, 3.63) is 99.7 Å². The first-order chi connectivity index (χ1) is 18.0. The largest absolute Gasteiger partial charge is 0.459 e. The summed E-state index contributed by atoms with van der Waals surface area (Å²) in [6.07, 6.45) is 2.11. The van der Waals surface area contributed by atoms with Gasteiger partial charge in [-0.25, -0.2) is 4.68 Å². The van der Waals surface area contributed by atoms with Crippen LogP contribution < -0.4 is 10.9 Å². The number of allylic oxidation sites excluding steroid dienone is 1. The Hall–Kier alpha value is -3.62. The van der Waals surface area contributed by atoms with Crippen molar-refractivity contribution in [2.24, 2.45) is 13.0 Å². The van der Waals surface area contributed by atoms with E-state index in [1.807, 2.05) is 86.2 Å². The van der Waals surface area contributed by atoms with E-state index >= 15 is 0 Å². The molecule has 196 valence electrons. The van der Waals surface area contributed by atoms with E-state index in [0.717, 1.165) is 16.9 Å². The van der Waals surface area contributed by atoms with Gasteiger partial charge in [-0.2, -0.15) is 0 Å². The van der Waals surface area contributed by atoms with Gasteiger partial charge in [-0.1, -0.05) is 48.5 Å². The molecule has 2 aromatic carbocycles. The number of hydrogen-bond donors (Lipinski definition) is 2. The lowest BCUT2D eigenvalue weighted by atomic mass is 9.80. The van der Waals surface area contributed by atoms with Gasteiger partial charge in [0, 0.05) is 49.9 Å². The van der Waals surface area contributed by atoms with Crippen molar-refractivity contribution in [2.45, 2.75) is 45.4 Å². The number of benzene rings is 2. The molecule has 1 amide bonds. The summed E-state index contributed by atoms with van der Waals surface area (Å²) < 4.78 is 15.5. The van der Waals surface area contributed by atoms with Crippen molar-refractivity contribution < 1.29 is 19.4 Å². The van der Waals surface area contributed by atoms with E-state index in [9.17, 15) is 14.7 Å². The lowest BCUT2D eigenvalue weighted by molar-refractivity contribution is -0.166. The minimum absolute atomic E-state index is 0.0121. The Morgan fingerprint density at radius 2 is 1.78 bits per heavy atom. The molecule has 37 heavy (non-hydrogen) atoms. The summed E-state index contributed by atoms with van der Waals surface area (Å²) in [7, 11) is 1.85. The molecule has 4 rings (SSSR count). The smallest absolute Gasteiger partial charge is 0.286 e. The van der Waals surface area contributed by atoms with Crippen LogP contribution in [-0.2, 0) is 27.9 Å². The fourth-order valence-electron chi connectivity index (χ4n) is 4.94. The number of amides is 1. The Labute approximate surface area is 217 Å². The second kappa shape index (κ2) is 12.1. The maximum absolute atomic E-state index is 13.9. The standard InChI is InChI=1S/C29H35N3O5/c1-4-36-29-23(16-11-17-33)24(18-25(37-29)27(34)30-19-21-12-7-5-8-13-21)26-20(2)31(3)32(28(26)35)22-14-9-6-10-15-22/h5-10,12-15,18,23-24,29,33H,4,11,16-17,19H2,1-3H3,(H,30,34)/t23-,24+,29-/m1/s1. The van der Waals surface area contributed by atoms with Crippen LogP contribution in [0, 0.1) is 12.8 Å². The third kappa shape index (κ3) is 5.70. The number of nitrogens with zero attached hydrogens (tertiary/aromatic N) is 2. The summed E-state index contributed by atoms with van der Waals surface area (Å²) in [5.74, 6) is -0.918. The van der Waals surface area contributed by atoms with E-state index < -0.39 is 12.2 Å². The summed E-state index contributed by atoms with van der Waals surface area (Å²) >= 11 is 0. The lowest BCUT2D eigenvalue weighted by Gasteiger charge is -2.36. The summed E-state index contributed by atoms with van der Waals surface area (Å²) in [5.41, 5.74) is 2.97. The number of aliphatic hydroxyl groups is 1. The van der Waals surface area contributed by atoms with Gasteiger partial charge in [0.25, 0.3) is 11.5 Å². The Balaban J connectivity index is 1.76. The van der Waals surface area contributed by atoms with Gasteiger partial charge in [0.05, 0.1) is 5.69 Å². The fourth-order valence-corrected chi connectivity index (χ4v) is 4.94. The number of para-hydroxylation sites is 1. The Bertz CT molecular complexity index is 1280. The van der Waals surface area contributed by atoms with Gasteiger partial charge >= 0.3 is 0 Å². The zero-order chi connectivity index (χ0) is 26.4. The monoisotopic (exact) mass is 505 g/mol. The minimum Gasteiger partial charge on any atom is -0.459 e. The maximum Gasteiger partial charge on any atom is 0.286 e. The average molecular weight is 506 g/mol. The van der Waals surface area contributed by atoms with Crippen molar-refractivity contribution in [3.8, 4) is 5.69 Å². The van der Waals surface area contributed by atoms with E-state index in [2.05, 4.69) is 5.32 Å². The third-order valence-corrected chi connectivity index (χ3v) is 6.86. The molecule has 2 N–H and O–H groups in total. The highest BCUT2D eigenvalue weighted by Crippen LogP contribution is 2.39. The molecule has 1 aliphatic rings. The Kier molecular flexibility index (Phi) is 8.63. The van der Waals surface area contributed by atoms with Crippen molar-refractivity contribution in [3.63, 3.8) is 0 Å². The number of ether oxygens (including phenoxy) is 2. The van der Waals surface area contributed by atoms with E-state index in [-0.39, 0.29) is 29.8 Å². The van der Waals surface area contributed by atoms with Crippen molar-refractivity contribution >= 4 is 5.91 Å². The molecule has 1 aromatic heterocycles. The quantitative estimate of drug-likeness (QED) is 0.440. The van der Waals surface area contributed by atoms with Crippen LogP contribution in [0.5, 0.6) is 0 Å². The molecule has 0 spiro atoms. The first-order valence-electron chi connectivity index (χ1n) is 12.7. The Morgan fingerprint density at radius 3 is 2.43 bits per heavy atom. The Morgan fingerprint density at radius 1 is 1.11 bits per heavy atom. The molecule has 3 atom stereocenters. The third-order valence-electron chi connectivity index (χ3n) is 6.86. The van der Waals surface area contributed by atoms with Gasteiger partial charge in [-0.3, -0.25) is 14.3 Å². The molecule has 0 radical (unpaired) electrons. The average Bonchev–Trinajstić information content (AvgIpc) is 3.14. The summed E-state index contributed by atoms with van der Waals surface area (Å²) in [5, 5.41) is 12.5. The molecule has 0 saturated heterocycles. The highest BCUT2D eigenvalue weighted by atomic mass is 16.7. The van der Waals surface area contributed by atoms with Gasteiger partial charge < -0.3 is 19.9 Å². The predicted octanol–water partition coefficient (Wildman–Crippen LogP) is 3.55. The molecule has 0 bridgehead atoms.